The summed E-state index contributed by atoms with van der Waals surface area (Å²) < 4.78 is 0. The number of likely N-dealkylation sites (N-methyl/N-ethyl adjacent to an activating group) is 1. The number of carbonyl (C=O) groups is 2. The van der Waals surface area contributed by atoms with Crippen LogP contribution < -0.4 is 11.1 Å². The monoisotopic (exact) mass is 269 g/mol. The Bertz CT molecular complexity index is 316. The third kappa shape index (κ3) is 4.20. The maximum atomic E-state index is 12.1. The van der Waals surface area contributed by atoms with Gasteiger partial charge in [-0.15, -0.1) is 0 Å². The zero-order valence-electron chi connectivity index (χ0n) is 12.3. The van der Waals surface area contributed by atoms with Gasteiger partial charge in [-0.05, 0) is 32.6 Å². The first kappa shape index (κ1) is 16.0. The lowest BCUT2D eigenvalue weighted by Crippen LogP contribution is -2.47. The van der Waals surface area contributed by atoms with Gasteiger partial charge in [0.25, 0.3) is 0 Å². The standard InChI is InChI=1S/C14H27N3O2/c1-4-17(5-2)13(18)9-16-14(19)11-7-6-8-12(15)10(11)3/h10-12H,4-9,15H2,1-3H3,(H,16,19). The van der Waals surface area contributed by atoms with Crippen molar-refractivity contribution in [2.45, 2.75) is 46.1 Å². The molecule has 0 saturated heterocycles. The van der Waals surface area contributed by atoms with E-state index in [1.54, 1.807) is 4.90 Å². The molecule has 3 unspecified atom stereocenters. The second kappa shape index (κ2) is 7.48. The van der Waals surface area contributed by atoms with Crippen LogP contribution in [-0.4, -0.2) is 42.4 Å². The first-order valence-electron chi connectivity index (χ1n) is 7.32. The smallest absolute Gasteiger partial charge is 0.241 e. The van der Waals surface area contributed by atoms with Gasteiger partial charge in [-0.25, -0.2) is 0 Å². The molecule has 3 atom stereocenters. The largest absolute Gasteiger partial charge is 0.347 e. The highest BCUT2D eigenvalue weighted by Crippen LogP contribution is 2.28. The summed E-state index contributed by atoms with van der Waals surface area (Å²) in [5.74, 6) is 0.0971. The van der Waals surface area contributed by atoms with Crippen molar-refractivity contribution in [2.75, 3.05) is 19.6 Å². The topological polar surface area (TPSA) is 75.4 Å². The molecule has 3 N–H and O–H groups in total. The zero-order valence-corrected chi connectivity index (χ0v) is 12.3. The van der Waals surface area contributed by atoms with Gasteiger partial charge in [0, 0.05) is 25.0 Å². The number of amides is 2. The minimum atomic E-state index is -0.0479. The number of hydrogen-bond acceptors (Lipinski definition) is 3. The number of carbonyl (C=O) groups excluding carboxylic acids is 2. The van der Waals surface area contributed by atoms with Crippen LogP contribution in [0.2, 0.25) is 0 Å². The lowest BCUT2D eigenvalue weighted by atomic mass is 9.77. The summed E-state index contributed by atoms with van der Waals surface area (Å²) in [5.41, 5.74) is 6.00. The zero-order chi connectivity index (χ0) is 14.4. The van der Waals surface area contributed by atoms with Crippen LogP contribution in [-0.2, 0) is 9.59 Å². The molecule has 0 spiro atoms. The van der Waals surface area contributed by atoms with Crippen LogP contribution in [0.4, 0.5) is 0 Å². The number of nitrogens with one attached hydrogen (secondary N) is 1. The Morgan fingerprint density at radius 3 is 2.47 bits per heavy atom. The molecule has 0 aliphatic heterocycles. The molecule has 110 valence electrons. The maximum absolute atomic E-state index is 12.1. The van der Waals surface area contributed by atoms with Gasteiger partial charge >= 0.3 is 0 Å². The Labute approximate surface area is 115 Å². The van der Waals surface area contributed by atoms with Crippen molar-refractivity contribution in [3.8, 4) is 0 Å². The lowest BCUT2D eigenvalue weighted by molar-refractivity contribution is -0.134. The van der Waals surface area contributed by atoms with Crippen LogP contribution in [0.15, 0.2) is 0 Å². The molecule has 0 aromatic carbocycles. The van der Waals surface area contributed by atoms with E-state index in [-0.39, 0.29) is 36.2 Å². The van der Waals surface area contributed by atoms with Crippen LogP contribution in [0, 0.1) is 11.8 Å². The quantitative estimate of drug-likeness (QED) is 0.773. The molecule has 5 nitrogen and oxygen atoms in total. The predicted molar refractivity (Wildman–Crippen MR) is 75.4 cm³/mol. The van der Waals surface area contributed by atoms with Crippen molar-refractivity contribution >= 4 is 11.8 Å². The van der Waals surface area contributed by atoms with E-state index < -0.39 is 0 Å². The highest BCUT2D eigenvalue weighted by molar-refractivity contribution is 5.86. The van der Waals surface area contributed by atoms with E-state index >= 15 is 0 Å². The van der Waals surface area contributed by atoms with Gasteiger partial charge in [0.1, 0.15) is 0 Å². The first-order valence-corrected chi connectivity index (χ1v) is 7.32. The number of nitrogens with zero attached hydrogens (tertiary/aromatic N) is 1. The van der Waals surface area contributed by atoms with Gasteiger partial charge in [-0.1, -0.05) is 13.3 Å². The average Bonchev–Trinajstić information content (AvgIpc) is 2.40. The highest BCUT2D eigenvalue weighted by atomic mass is 16.2. The summed E-state index contributed by atoms with van der Waals surface area (Å²) in [6, 6.07) is 0.1000. The molecule has 0 radical (unpaired) electrons. The minimum absolute atomic E-state index is 0.0221. The summed E-state index contributed by atoms with van der Waals surface area (Å²) in [7, 11) is 0. The molecule has 5 heteroatoms. The Morgan fingerprint density at radius 2 is 1.89 bits per heavy atom. The van der Waals surface area contributed by atoms with Crippen molar-refractivity contribution in [1.29, 1.82) is 0 Å². The van der Waals surface area contributed by atoms with Crippen LogP contribution >= 0.6 is 0 Å². The Hall–Kier alpha value is -1.10. The summed E-state index contributed by atoms with van der Waals surface area (Å²) in [4.78, 5) is 25.7. The molecule has 1 rings (SSSR count). The third-order valence-corrected chi connectivity index (χ3v) is 4.23. The number of rotatable bonds is 5. The third-order valence-electron chi connectivity index (χ3n) is 4.23. The molecular weight excluding hydrogens is 242 g/mol. The van der Waals surface area contributed by atoms with E-state index in [1.165, 1.54) is 0 Å². The van der Waals surface area contributed by atoms with Crippen LogP contribution in [0.5, 0.6) is 0 Å². The number of nitrogens with two attached hydrogens (primary N) is 1. The van der Waals surface area contributed by atoms with Gasteiger partial charge in [-0.3, -0.25) is 9.59 Å². The second-order valence-electron chi connectivity index (χ2n) is 5.34. The van der Waals surface area contributed by atoms with E-state index in [0.717, 1.165) is 19.3 Å². The van der Waals surface area contributed by atoms with Crippen molar-refractivity contribution < 1.29 is 9.59 Å². The first-order chi connectivity index (χ1) is 9.01. The molecule has 1 aliphatic carbocycles. The fraction of sp³-hybridized carbons (Fsp3) is 0.857. The van der Waals surface area contributed by atoms with Crippen molar-refractivity contribution in [2.24, 2.45) is 17.6 Å². The van der Waals surface area contributed by atoms with Crippen LogP contribution in [0.3, 0.4) is 0 Å². The molecule has 1 fully saturated rings. The molecule has 0 heterocycles. The van der Waals surface area contributed by atoms with Gasteiger partial charge in [0.15, 0.2) is 0 Å². The fourth-order valence-corrected chi connectivity index (χ4v) is 2.75. The predicted octanol–water partition coefficient (Wildman–Crippen LogP) is 0.735. The molecule has 2 amide bonds. The van der Waals surface area contributed by atoms with Gasteiger partial charge in [0.2, 0.25) is 11.8 Å². The van der Waals surface area contributed by atoms with Crippen LogP contribution in [0.1, 0.15) is 40.0 Å². The van der Waals surface area contributed by atoms with Crippen molar-refractivity contribution in [1.82, 2.24) is 10.2 Å². The molecule has 0 bridgehead atoms. The summed E-state index contributed by atoms with van der Waals surface area (Å²) in [5, 5.41) is 2.77. The van der Waals surface area contributed by atoms with Crippen molar-refractivity contribution in [3.63, 3.8) is 0 Å². The minimum Gasteiger partial charge on any atom is -0.347 e. The Kier molecular flexibility index (Phi) is 6.28. The molecular formula is C14H27N3O2. The normalized spacial score (nSPS) is 26.8. The van der Waals surface area contributed by atoms with E-state index in [0.29, 0.717) is 13.1 Å². The molecule has 0 aromatic rings. The fourth-order valence-electron chi connectivity index (χ4n) is 2.75. The maximum Gasteiger partial charge on any atom is 0.241 e. The molecule has 1 saturated carbocycles. The summed E-state index contributed by atoms with van der Waals surface area (Å²) in [6.07, 6.45) is 2.86. The van der Waals surface area contributed by atoms with E-state index in [2.05, 4.69) is 5.32 Å². The van der Waals surface area contributed by atoms with Gasteiger partial charge < -0.3 is 16.0 Å². The van der Waals surface area contributed by atoms with Crippen molar-refractivity contribution in [3.05, 3.63) is 0 Å². The lowest BCUT2D eigenvalue weighted by Gasteiger charge is -2.33. The van der Waals surface area contributed by atoms with E-state index in [1.807, 2.05) is 20.8 Å². The van der Waals surface area contributed by atoms with Crippen LogP contribution in [0.25, 0.3) is 0 Å². The molecule has 19 heavy (non-hydrogen) atoms. The molecule has 1 aliphatic rings. The number of hydrogen-bond donors (Lipinski definition) is 2. The Balaban J connectivity index is 2.44. The average molecular weight is 269 g/mol. The SMILES string of the molecule is CCN(CC)C(=O)CNC(=O)C1CCCC(N)C1C. The Morgan fingerprint density at radius 1 is 1.26 bits per heavy atom. The van der Waals surface area contributed by atoms with E-state index in [4.69, 9.17) is 5.73 Å². The van der Waals surface area contributed by atoms with Gasteiger partial charge in [0.05, 0.1) is 6.54 Å². The second-order valence-corrected chi connectivity index (χ2v) is 5.34. The van der Waals surface area contributed by atoms with Gasteiger partial charge in [-0.2, -0.15) is 0 Å². The van der Waals surface area contributed by atoms with E-state index in [9.17, 15) is 9.59 Å². The highest BCUT2D eigenvalue weighted by Gasteiger charge is 2.32. The summed E-state index contributed by atoms with van der Waals surface area (Å²) >= 11 is 0. The summed E-state index contributed by atoms with van der Waals surface area (Å²) in [6.45, 7) is 7.35. The molecule has 0 aromatic heterocycles.